The van der Waals surface area contributed by atoms with E-state index in [0.717, 1.165) is 19.9 Å². The Bertz CT molecular complexity index is 705. The summed E-state index contributed by atoms with van der Waals surface area (Å²) in [7, 11) is 0. The molecule has 0 saturated carbocycles. The van der Waals surface area contributed by atoms with Gasteiger partial charge in [-0.25, -0.2) is 28.1 Å². The summed E-state index contributed by atoms with van der Waals surface area (Å²) in [6.45, 7) is 4.62. The maximum Gasteiger partial charge on any atom is 0.341 e. The molecule has 1 aromatic rings. The molecule has 8 heteroatoms. The van der Waals surface area contributed by atoms with Crippen molar-refractivity contribution in [2.75, 3.05) is 13.2 Å². The number of epoxide rings is 2. The molecule has 0 radical (unpaired) electrons. The van der Waals surface area contributed by atoms with E-state index in [9.17, 15) is 14.4 Å². The second-order valence-corrected chi connectivity index (χ2v) is 4.68. The van der Waals surface area contributed by atoms with Gasteiger partial charge < -0.3 is 9.47 Å². The molecule has 0 aliphatic carbocycles. The van der Waals surface area contributed by atoms with Crippen LogP contribution in [0.2, 0.25) is 0 Å². The van der Waals surface area contributed by atoms with Gasteiger partial charge in [0.25, 0.3) is 0 Å². The molecule has 3 heterocycles. The summed E-state index contributed by atoms with van der Waals surface area (Å²) in [5, 5.41) is 0. The second kappa shape index (κ2) is 4.75. The van der Waals surface area contributed by atoms with Crippen molar-refractivity contribution >= 4 is 6.20 Å². The maximum absolute atomic E-state index is 12.2. The molecule has 20 heavy (non-hydrogen) atoms. The van der Waals surface area contributed by atoms with Crippen molar-refractivity contribution in [1.82, 2.24) is 13.7 Å². The summed E-state index contributed by atoms with van der Waals surface area (Å²) < 4.78 is 12.9. The molecule has 2 saturated heterocycles. The Morgan fingerprint density at radius 1 is 1.05 bits per heavy atom. The molecule has 1 aromatic heterocycles. The van der Waals surface area contributed by atoms with Crippen LogP contribution in [0.1, 0.15) is 0 Å². The standard InChI is InChI=1S/C12H13N3O5/c1-2-3-13-10(16)14(4-8-6-19-8)12(18)15(11(13)17)5-9-7-20-9/h3,8-9H,1,4-7H2. The van der Waals surface area contributed by atoms with Crippen LogP contribution < -0.4 is 17.1 Å². The van der Waals surface area contributed by atoms with Gasteiger partial charge in [0, 0.05) is 0 Å². The highest BCUT2D eigenvalue weighted by Crippen LogP contribution is 2.10. The van der Waals surface area contributed by atoms with E-state index in [1.54, 1.807) is 0 Å². The Labute approximate surface area is 112 Å². The minimum atomic E-state index is -0.709. The van der Waals surface area contributed by atoms with Crippen molar-refractivity contribution in [1.29, 1.82) is 0 Å². The molecule has 0 spiro atoms. The lowest BCUT2D eigenvalue weighted by Crippen LogP contribution is -2.54. The molecule has 2 aliphatic heterocycles. The summed E-state index contributed by atoms with van der Waals surface area (Å²) in [4.78, 5) is 36.5. The van der Waals surface area contributed by atoms with Crippen LogP contribution >= 0.6 is 0 Å². The Morgan fingerprint density at radius 3 is 1.85 bits per heavy atom. The van der Waals surface area contributed by atoms with E-state index in [2.05, 4.69) is 12.3 Å². The summed E-state index contributed by atoms with van der Waals surface area (Å²) in [6.07, 6.45) is 0.827. The fraction of sp³-hybridized carbons (Fsp3) is 0.500. The fourth-order valence-corrected chi connectivity index (χ4v) is 1.92. The van der Waals surface area contributed by atoms with Gasteiger partial charge in [0.1, 0.15) is 0 Å². The van der Waals surface area contributed by atoms with E-state index in [0.29, 0.717) is 13.2 Å². The molecule has 0 N–H and O–H groups in total. The first kappa shape index (κ1) is 12.9. The minimum Gasteiger partial charge on any atom is -0.371 e. The lowest BCUT2D eigenvalue weighted by Gasteiger charge is -2.09. The number of rotatable bonds is 5. The summed E-state index contributed by atoms with van der Waals surface area (Å²) >= 11 is 0. The van der Waals surface area contributed by atoms with Crippen LogP contribution in [0.25, 0.3) is 6.20 Å². The highest BCUT2D eigenvalue weighted by molar-refractivity contribution is 5.17. The van der Waals surface area contributed by atoms with Crippen LogP contribution in [0.5, 0.6) is 0 Å². The van der Waals surface area contributed by atoms with Gasteiger partial charge in [0.2, 0.25) is 0 Å². The van der Waals surface area contributed by atoms with Crippen molar-refractivity contribution < 1.29 is 9.47 Å². The molecule has 2 fully saturated rings. The van der Waals surface area contributed by atoms with E-state index >= 15 is 0 Å². The predicted molar refractivity (Wildman–Crippen MR) is 68.6 cm³/mol. The molecular formula is C12H13N3O5. The fourth-order valence-electron chi connectivity index (χ4n) is 1.92. The molecule has 3 rings (SSSR count). The average molecular weight is 279 g/mol. The van der Waals surface area contributed by atoms with Gasteiger partial charge in [-0.3, -0.25) is 0 Å². The van der Waals surface area contributed by atoms with Gasteiger partial charge in [-0.05, 0) is 0 Å². The van der Waals surface area contributed by atoms with Crippen LogP contribution in [0.15, 0.2) is 26.7 Å². The van der Waals surface area contributed by atoms with Crippen LogP contribution in [-0.4, -0.2) is 39.1 Å². The van der Waals surface area contributed by atoms with E-state index in [1.165, 1.54) is 0 Å². The number of aromatic nitrogens is 3. The average Bonchev–Trinajstić information content (AvgIpc) is 3.30. The quantitative estimate of drug-likeness (QED) is 0.469. The van der Waals surface area contributed by atoms with E-state index in [-0.39, 0.29) is 25.3 Å². The predicted octanol–water partition coefficient (Wildman–Crippen LogP) is -1.78. The number of nitrogens with zero attached hydrogens (tertiary/aromatic N) is 3. The zero-order valence-corrected chi connectivity index (χ0v) is 10.7. The maximum atomic E-state index is 12.2. The number of ether oxygens (including phenoxy) is 2. The molecule has 106 valence electrons. The molecule has 0 aromatic carbocycles. The molecule has 0 amide bonds. The van der Waals surface area contributed by atoms with Crippen LogP contribution in [0.3, 0.4) is 0 Å². The topological polar surface area (TPSA) is 91.1 Å². The zero-order valence-electron chi connectivity index (χ0n) is 10.7. The third-order valence-corrected chi connectivity index (χ3v) is 3.13. The third kappa shape index (κ3) is 2.32. The lowest BCUT2D eigenvalue weighted by molar-refractivity contribution is 0.349. The first-order valence-corrected chi connectivity index (χ1v) is 6.17. The van der Waals surface area contributed by atoms with Crippen molar-refractivity contribution in [3.63, 3.8) is 0 Å². The Morgan fingerprint density at radius 2 is 1.50 bits per heavy atom. The van der Waals surface area contributed by atoms with E-state index < -0.39 is 17.1 Å². The van der Waals surface area contributed by atoms with Crippen molar-refractivity contribution in [3.8, 4) is 0 Å². The van der Waals surface area contributed by atoms with Crippen molar-refractivity contribution in [2.24, 2.45) is 0 Å². The molecular weight excluding hydrogens is 266 g/mol. The van der Waals surface area contributed by atoms with E-state index in [4.69, 9.17) is 9.47 Å². The third-order valence-electron chi connectivity index (χ3n) is 3.13. The first-order valence-electron chi connectivity index (χ1n) is 6.17. The Kier molecular flexibility index (Phi) is 3.06. The monoisotopic (exact) mass is 279 g/mol. The largest absolute Gasteiger partial charge is 0.371 e. The minimum absolute atomic E-state index is 0.133. The van der Waals surface area contributed by atoms with Gasteiger partial charge in [0.05, 0.1) is 44.7 Å². The van der Waals surface area contributed by atoms with Crippen LogP contribution in [0, 0.1) is 0 Å². The summed E-state index contributed by atoms with van der Waals surface area (Å²) in [5.74, 6) is 0. The highest BCUT2D eigenvalue weighted by atomic mass is 16.6. The molecule has 8 nitrogen and oxygen atoms in total. The molecule has 2 aliphatic rings. The second-order valence-electron chi connectivity index (χ2n) is 4.68. The van der Waals surface area contributed by atoms with Gasteiger partial charge >= 0.3 is 17.1 Å². The van der Waals surface area contributed by atoms with Gasteiger partial charge in [0.15, 0.2) is 0 Å². The van der Waals surface area contributed by atoms with Crippen LogP contribution in [-0.2, 0) is 22.6 Å². The van der Waals surface area contributed by atoms with Crippen molar-refractivity contribution in [3.05, 3.63) is 43.8 Å². The smallest absolute Gasteiger partial charge is 0.341 e. The Balaban J connectivity index is 2.18. The van der Waals surface area contributed by atoms with Gasteiger partial charge in [-0.15, -0.1) is 5.73 Å². The number of hydrogen-bond acceptors (Lipinski definition) is 5. The van der Waals surface area contributed by atoms with Crippen LogP contribution in [0.4, 0.5) is 0 Å². The summed E-state index contributed by atoms with van der Waals surface area (Å²) in [5.41, 5.74) is 0.318. The molecule has 2 atom stereocenters. The molecule has 2 unspecified atom stereocenters. The van der Waals surface area contributed by atoms with Gasteiger partial charge in [-0.1, -0.05) is 6.58 Å². The Hall–Kier alpha value is -2.15. The highest BCUT2D eigenvalue weighted by Gasteiger charge is 2.29. The summed E-state index contributed by atoms with van der Waals surface area (Å²) in [6, 6.07) is 0. The number of hydrogen-bond donors (Lipinski definition) is 0. The first-order chi connectivity index (χ1) is 9.61. The molecule has 0 bridgehead atoms. The van der Waals surface area contributed by atoms with E-state index in [1.807, 2.05) is 0 Å². The zero-order chi connectivity index (χ0) is 14.3. The lowest BCUT2D eigenvalue weighted by atomic mass is 10.4. The van der Waals surface area contributed by atoms with Gasteiger partial charge in [-0.2, -0.15) is 0 Å². The normalized spacial score (nSPS) is 23.2. The SMILES string of the molecule is C=C=Cn1c(=O)n(CC2CO2)c(=O)n(CC2CO2)c1=O. The van der Waals surface area contributed by atoms with Crippen molar-refractivity contribution in [2.45, 2.75) is 25.3 Å².